The van der Waals surface area contributed by atoms with Crippen LogP contribution in [0.15, 0.2) is 231 Å². The molecular weight excluding hydrogens is 873 g/mol. The second-order valence-corrected chi connectivity index (χ2v) is 19.4. The van der Waals surface area contributed by atoms with Crippen molar-refractivity contribution < 1.29 is 0 Å². The molecule has 340 valence electrons. The molecule has 2 aliphatic rings. The molecule has 12 aromatic carbocycles. The van der Waals surface area contributed by atoms with Gasteiger partial charge in [-0.1, -0.05) is 188 Å². The van der Waals surface area contributed by atoms with E-state index in [1.165, 1.54) is 143 Å². The van der Waals surface area contributed by atoms with Gasteiger partial charge in [0.25, 0.3) is 0 Å². The highest BCUT2D eigenvalue weighted by atomic mass is 15.3. The van der Waals surface area contributed by atoms with Gasteiger partial charge in [-0.3, -0.25) is 9.13 Å². The molecule has 0 saturated heterocycles. The van der Waals surface area contributed by atoms with E-state index in [1.54, 1.807) is 0 Å². The van der Waals surface area contributed by atoms with Crippen molar-refractivity contribution in [2.75, 3.05) is 22.9 Å². The van der Waals surface area contributed by atoms with Crippen LogP contribution in [0.4, 0.5) is 23.0 Å². The molecule has 4 heterocycles. The topological polar surface area (TPSA) is 16.3 Å². The summed E-state index contributed by atoms with van der Waals surface area (Å²) in [5, 5.41) is 17.9. The SMILES string of the molecule is CCN1c2cc3ccccc3cc2-c2ccc3ccccc3c2-n2c1cc1c3ccccc3ccc12.CCN1c2ccc3ccccc3c2-c2ccc3ccccc3c2-n2c1cc1c3ccccc3ccc12. The van der Waals surface area contributed by atoms with E-state index >= 15 is 0 Å². The average molecular weight is 921 g/mol. The molecule has 0 N–H and O–H groups in total. The summed E-state index contributed by atoms with van der Waals surface area (Å²) in [4.78, 5) is 4.98. The molecule has 0 bridgehead atoms. The van der Waals surface area contributed by atoms with Gasteiger partial charge < -0.3 is 9.80 Å². The van der Waals surface area contributed by atoms with Crippen molar-refractivity contribution in [3.63, 3.8) is 0 Å². The Morgan fingerprint density at radius 2 is 0.667 bits per heavy atom. The minimum absolute atomic E-state index is 0.880. The van der Waals surface area contributed by atoms with Gasteiger partial charge in [0.15, 0.2) is 0 Å². The minimum atomic E-state index is 0.880. The Hall–Kier alpha value is -9.12. The van der Waals surface area contributed by atoms with E-state index in [0.717, 1.165) is 13.1 Å². The quantitative estimate of drug-likeness (QED) is 0.172. The normalized spacial score (nSPS) is 12.6. The number of hydrogen-bond acceptors (Lipinski definition) is 2. The van der Waals surface area contributed by atoms with Crippen molar-refractivity contribution in [2.24, 2.45) is 0 Å². The Balaban J connectivity index is 0.000000128. The molecule has 2 aliphatic heterocycles. The van der Waals surface area contributed by atoms with E-state index in [1.807, 2.05) is 0 Å². The highest BCUT2D eigenvalue weighted by Gasteiger charge is 2.31. The third kappa shape index (κ3) is 5.81. The first kappa shape index (κ1) is 40.7. The Morgan fingerprint density at radius 1 is 0.278 bits per heavy atom. The number of nitrogens with zero attached hydrogens (tertiary/aromatic N) is 4. The fourth-order valence-corrected chi connectivity index (χ4v) is 12.5. The van der Waals surface area contributed by atoms with Crippen molar-refractivity contribution in [2.45, 2.75) is 13.8 Å². The zero-order valence-corrected chi connectivity index (χ0v) is 40.1. The molecule has 16 rings (SSSR count). The number of aromatic nitrogens is 2. The maximum atomic E-state index is 2.51. The molecule has 0 saturated carbocycles. The van der Waals surface area contributed by atoms with Gasteiger partial charge in [-0.2, -0.15) is 0 Å². The van der Waals surface area contributed by atoms with Crippen LogP contribution in [0.1, 0.15) is 13.8 Å². The monoisotopic (exact) mass is 920 g/mol. The van der Waals surface area contributed by atoms with Gasteiger partial charge >= 0.3 is 0 Å². The molecule has 14 aromatic rings. The predicted molar refractivity (Wildman–Crippen MR) is 308 cm³/mol. The van der Waals surface area contributed by atoms with Crippen molar-refractivity contribution in [3.8, 4) is 33.6 Å². The molecule has 0 unspecified atom stereocenters. The summed E-state index contributed by atoms with van der Waals surface area (Å²) in [6, 6.07) is 85.0. The van der Waals surface area contributed by atoms with Crippen molar-refractivity contribution in [3.05, 3.63) is 231 Å². The van der Waals surface area contributed by atoms with E-state index in [2.05, 4.69) is 263 Å². The molecular formula is C68H48N4. The summed E-state index contributed by atoms with van der Waals surface area (Å²) in [5.41, 5.74) is 12.7. The van der Waals surface area contributed by atoms with Crippen LogP contribution in [-0.2, 0) is 0 Å². The van der Waals surface area contributed by atoms with Gasteiger partial charge in [0, 0.05) is 56.9 Å². The van der Waals surface area contributed by atoms with Crippen molar-refractivity contribution in [1.29, 1.82) is 0 Å². The fourth-order valence-electron chi connectivity index (χ4n) is 12.5. The largest absolute Gasteiger partial charge is 0.327 e. The summed E-state index contributed by atoms with van der Waals surface area (Å²) < 4.78 is 5.02. The molecule has 0 spiro atoms. The van der Waals surface area contributed by atoms with Crippen LogP contribution in [0, 0.1) is 0 Å². The fraction of sp³-hybridized carbons (Fsp3) is 0.0588. The van der Waals surface area contributed by atoms with Gasteiger partial charge in [0.05, 0.1) is 33.8 Å². The van der Waals surface area contributed by atoms with E-state index < -0.39 is 0 Å². The van der Waals surface area contributed by atoms with Crippen LogP contribution in [0.2, 0.25) is 0 Å². The number of rotatable bonds is 2. The maximum Gasteiger partial charge on any atom is 0.118 e. The molecule has 4 nitrogen and oxygen atoms in total. The van der Waals surface area contributed by atoms with Gasteiger partial charge in [0.1, 0.15) is 11.6 Å². The zero-order chi connectivity index (χ0) is 47.6. The van der Waals surface area contributed by atoms with Gasteiger partial charge in [-0.15, -0.1) is 0 Å². The first-order valence-corrected chi connectivity index (χ1v) is 25.4. The molecule has 2 aromatic heterocycles. The summed E-state index contributed by atoms with van der Waals surface area (Å²) >= 11 is 0. The standard InChI is InChI=1S/2C34H24N2/c1-2-35-31-20-17-23-10-4-7-13-26(23)33(31)28-18-15-24-11-5-8-14-27(24)34(28)36-30-19-16-22-9-3-6-12-25(22)29(30)21-32(35)36;1-2-35-32-20-25-12-4-3-11-24(25)19-29(32)28-17-15-23-10-6-8-14-27(23)34(28)36-31-18-16-22-9-5-7-13-26(22)30(31)21-33(35)36/h2*3-21H,2H2,1H3. The Bertz CT molecular complexity index is 4500. The van der Waals surface area contributed by atoms with E-state index in [-0.39, 0.29) is 0 Å². The molecule has 0 radical (unpaired) electrons. The maximum absolute atomic E-state index is 2.51. The lowest BCUT2D eigenvalue weighted by Gasteiger charge is -2.24. The third-order valence-corrected chi connectivity index (χ3v) is 15.7. The second-order valence-electron chi connectivity index (χ2n) is 19.4. The summed E-state index contributed by atoms with van der Waals surface area (Å²) in [6.07, 6.45) is 0. The summed E-state index contributed by atoms with van der Waals surface area (Å²) in [7, 11) is 0. The smallest absolute Gasteiger partial charge is 0.118 e. The molecule has 72 heavy (non-hydrogen) atoms. The van der Waals surface area contributed by atoms with E-state index in [9.17, 15) is 0 Å². The van der Waals surface area contributed by atoms with E-state index in [0.29, 0.717) is 0 Å². The number of fused-ring (bicyclic) bond motifs is 25. The number of hydrogen-bond donors (Lipinski definition) is 0. The van der Waals surface area contributed by atoms with Crippen LogP contribution in [0.5, 0.6) is 0 Å². The van der Waals surface area contributed by atoms with Crippen molar-refractivity contribution in [1.82, 2.24) is 9.13 Å². The average Bonchev–Trinajstić information content (AvgIpc) is 3.95. The Kier molecular flexibility index (Phi) is 8.88. The molecule has 0 atom stereocenters. The minimum Gasteiger partial charge on any atom is -0.327 e. The number of anilines is 4. The van der Waals surface area contributed by atoms with Crippen LogP contribution in [0.25, 0.3) is 120 Å². The third-order valence-electron chi connectivity index (χ3n) is 15.7. The van der Waals surface area contributed by atoms with Crippen LogP contribution < -0.4 is 9.80 Å². The molecule has 4 heteroatoms. The Morgan fingerprint density at radius 3 is 1.21 bits per heavy atom. The van der Waals surface area contributed by atoms with Crippen molar-refractivity contribution >= 4 is 109 Å². The highest BCUT2D eigenvalue weighted by Crippen LogP contribution is 2.52. The highest BCUT2D eigenvalue weighted by molar-refractivity contribution is 6.16. The Labute approximate surface area is 417 Å². The van der Waals surface area contributed by atoms with Gasteiger partial charge in [-0.25, -0.2) is 0 Å². The second kappa shape index (κ2) is 15.7. The lowest BCUT2D eigenvalue weighted by molar-refractivity contribution is 0.971. The molecule has 0 amide bonds. The molecule has 0 fully saturated rings. The lowest BCUT2D eigenvalue weighted by atomic mass is 9.92. The summed E-state index contributed by atoms with van der Waals surface area (Å²) in [6.45, 7) is 6.28. The lowest BCUT2D eigenvalue weighted by Crippen LogP contribution is -2.18. The first-order chi connectivity index (χ1) is 35.6. The summed E-state index contributed by atoms with van der Waals surface area (Å²) in [5.74, 6) is 2.44. The predicted octanol–water partition coefficient (Wildman–Crippen LogP) is 18.5. The van der Waals surface area contributed by atoms with Gasteiger partial charge in [0.2, 0.25) is 0 Å². The molecule has 0 aliphatic carbocycles. The van der Waals surface area contributed by atoms with Crippen LogP contribution in [0.3, 0.4) is 0 Å². The zero-order valence-electron chi connectivity index (χ0n) is 40.1. The van der Waals surface area contributed by atoms with E-state index in [4.69, 9.17) is 0 Å². The van der Waals surface area contributed by atoms with Crippen LogP contribution in [-0.4, -0.2) is 22.2 Å². The van der Waals surface area contributed by atoms with Crippen LogP contribution >= 0.6 is 0 Å². The first-order valence-electron chi connectivity index (χ1n) is 25.4. The number of benzene rings is 12. The van der Waals surface area contributed by atoms with Gasteiger partial charge in [-0.05, 0) is 110 Å².